The summed E-state index contributed by atoms with van der Waals surface area (Å²) in [5, 5.41) is 17.4. The first-order chi connectivity index (χ1) is 13.1. The smallest absolute Gasteiger partial charge is 0.313 e. The zero-order valence-electron chi connectivity index (χ0n) is 14.6. The molecule has 3 N–H and O–H groups in total. The topological polar surface area (TPSA) is 74.2 Å². The number of benzene rings is 2. The van der Waals surface area contributed by atoms with Gasteiger partial charge in [-0.3, -0.25) is 15.1 Å². The van der Waals surface area contributed by atoms with Crippen LogP contribution in [0.15, 0.2) is 60.8 Å². The molecule has 0 saturated heterocycles. The number of carboxylic acids is 1. The van der Waals surface area contributed by atoms with Crippen LogP contribution >= 0.6 is 23.4 Å². The largest absolute Gasteiger partial charge is 0.481 e. The van der Waals surface area contributed by atoms with Crippen molar-refractivity contribution in [2.45, 2.75) is 5.37 Å². The van der Waals surface area contributed by atoms with Crippen molar-refractivity contribution >= 4 is 45.9 Å². The van der Waals surface area contributed by atoms with Crippen LogP contribution in [0.5, 0.6) is 0 Å². The molecule has 7 heteroatoms. The van der Waals surface area contributed by atoms with Crippen LogP contribution in [0.3, 0.4) is 0 Å². The Hall–Kier alpha value is -2.28. The molecular formula is C20H20ClN3O2S. The molecule has 0 aliphatic heterocycles. The second kappa shape index (κ2) is 9.60. The average Bonchev–Trinajstić information content (AvgIpc) is 2.67. The summed E-state index contributed by atoms with van der Waals surface area (Å²) in [7, 11) is 0. The van der Waals surface area contributed by atoms with Crippen molar-refractivity contribution in [2.75, 3.05) is 24.2 Å². The number of pyridine rings is 1. The number of halogens is 1. The van der Waals surface area contributed by atoms with Crippen LogP contribution in [-0.4, -0.2) is 34.9 Å². The summed E-state index contributed by atoms with van der Waals surface area (Å²) in [5.74, 6) is -0.766. The minimum absolute atomic E-state index is 0.0513. The van der Waals surface area contributed by atoms with Crippen molar-refractivity contribution in [3.8, 4) is 0 Å². The van der Waals surface area contributed by atoms with E-state index in [1.54, 1.807) is 6.20 Å². The third kappa shape index (κ3) is 5.60. The van der Waals surface area contributed by atoms with Crippen molar-refractivity contribution in [1.82, 2.24) is 10.3 Å². The van der Waals surface area contributed by atoms with Crippen LogP contribution in [0.1, 0.15) is 10.9 Å². The molecule has 140 valence electrons. The lowest BCUT2D eigenvalue weighted by Gasteiger charge is -2.18. The second-order valence-corrected chi connectivity index (χ2v) is 7.43. The summed E-state index contributed by atoms with van der Waals surface area (Å²) in [6.45, 7) is 1.38. The van der Waals surface area contributed by atoms with Crippen LogP contribution in [0.2, 0.25) is 5.02 Å². The van der Waals surface area contributed by atoms with E-state index in [4.69, 9.17) is 16.7 Å². The molecule has 27 heavy (non-hydrogen) atoms. The van der Waals surface area contributed by atoms with E-state index in [0.717, 1.165) is 22.2 Å². The molecule has 1 heterocycles. The van der Waals surface area contributed by atoms with Gasteiger partial charge in [-0.2, -0.15) is 0 Å². The Kier molecular flexibility index (Phi) is 6.92. The predicted octanol–water partition coefficient (Wildman–Crippen LogP) is 4.41. The van der Waals surface area contributed by atoms with Crippen molar-refractivity contribution in [3.63, 3.8) is 0 Å². The van der Waals surface area contributed by atoms with Crippen molar-refractivity contribution < 1.29 is 9.90 Å². The third-order valence-electron chi connectivity index (χ3n) is 3.95. The molecule has 0 spiro atoms. The lowest BCUT2D eigenvalue weighted by molar-refractivity contribution is -0.133. The highest BCUT2D eigenvalue weighted by Crippen LogP contribution is 2.26. The summed E-state index contributed by atoms with van der Waals surface area (Å²) in [6.07, 6.45) is 1.75. The molecule has 1 atom stereocenters. The zero-order valence-corrected chi connectivity index (χ0v) is 16.1. The average molecular weight is 402 g/mol. The quantitative estimate of drug-likeness (QED) is 0.364. The van der Waals surface area contributed by atoms with Crippen molar-refractivity contribution in [1.29, 1.82) is 0 Å². The van der Waals surface area contributed by atoms with Crippen LogP contribution in [-0.2, 0) is 4.79 Å². The van der Waals surface area contributed by atoms with Crippen LogP contribution in [0.4, 0.5) is 5.69 Å². The van der Waals surface area contributed by atoms with E-state index in [1.165, 1.54) is 11.8 Å². The molecule has 2 aromatic carbocycles. The number of carboxylic acid groups (broad SMARTS) is 1. The number of hydrogen-bond donors (Lipinski definition) is 3. The van der Waals surface area contributed by atoms with Gasteiger partial charge < -0.3 is 10.4 Å². The normalized spacial score (nSPS) is 12.0. The molecule has 0 amide bonds. The molecule has 0 saturated carbocycles. The molecule has 5 nitrogen and oxygen atoms in total. The van der Waals surface area contributed by atoms with Gasteiger partial charge in [0.2, 0.25) is 0 Å². The molecule has 0 bridgehead atoms. The van der Waals surface area contributed by atoms with E-state index in [1.807, 2.05) is 54.6 Å². The van der Waals surface area contributed by atoms with Gasteiger partial charge in [0.05, 0.1) is 16.6 Å². The fraction of sp³-hybridized carbons (Fsp3) is 0.200. The monoisotopic (exact) mass is 401 g/mol. The van der Waals surface area contributed by atoms with E-state index in [0.29, 0.717) is 18.1 Å². The molecule has 3 aromatic rings. The maximum absolute atomic E-state index is 10.9. The summed E-state index contributed by atoms with van der Waals surface area (Å²) in [6, 6.07) is 17.4. The van der Waals surface area contributed by atoms with Crippen LogP contribution < -0.4 is 10.6 Å². The molecule has 1 unspecified atom stereocenters. The number of rotatable bonds is 9. The fourth-order valence-electron chi connectivity index (χ4n) is 2.73. The molecule has 0 fully saturated rings. The van der Waals surface area contributed by atoms with E-state index in [2.05, 4.69) is 15.6 Å². The third-order valence-corrected chi connectivity index (χ3v) is 5.37. The van der Waals surface area contributed by atoms with Crippen molar-refractivity contribution in [3.05, 3.63) is 71.4 Å². The Morgan fingerprint density at radius 1 is 1.15 bits per heavy atom. The standard InChI is InChI=1S/C20H20ClN3O2S/c21-15-6-7-16-17(8-9-22-18(16)12-15)23-10-11-24-20(27-13-19(25)26)14-4-2-1-3-5-14/h1-9,12,20,24H,10-11,13H2,(H,22,23)(H,25,26). The first kappa shape index (κ1) is 19.5. The number of hydrogen-bond acceptors (Lipinski definition) is 5. The number of nitrogens with zero attached hydrogens (tertiary/aromatic N) is 1. The minimum atomic E-state index is -0.817. The highest BCUT2D eigenvalue weighted by Gasteiger charge is 2.13. The molecule has 0 radical (unpaired) electrons. The number of aliphatic carboxylic acids is 1. The van der Waals surface area contributed by atoms with Gasteiger partial charge in [-0.25, -0.2) is 0 Å². The van der Waals surface area contributed by atoms with Gasteiger partial charge in [0.25, 0.3) is 0 Å². The number of thioether (sulfide) groups is 1. The highest BCUT2D eigenvalue weighted by atomic mass is 35.5. The summed E-state index contributed by atoms with van der Waals surface area (Å²) in [4.78, 5) is 15.3. The first-order valence-electron chi connectivity index (χ1n) is 8.53. The SMILES string of the molecule is O=C(O)CSC(NCCNc1ccnc2cc(Cl)ccc12)c1ccccc1. The Bertz CT molecular complexity index is 908. The summed E-state index contributed by atoms with van der Waals surface area (Å²) < 4.78 is 0. The van der Waals surface area contributed by atoms with Gasteiger partial charge in [0, 0.05) is 35.4 Å². The minimum Gasteiger partial charge on any atom is -0.481 e. The second-order valence-electron chi connectivity index (χ2n) is 5.90. The predicted molar refractivity (Wildman–Crippen MR) is 113 cm³/mol. The molecule has 1 aromatic heterocycles. The van der Waals surface area contributed by atoms with Gasteiger partial charge >= 0.3 is 5.97 Å². The molecule has 3 rings (SSSR count). The van der Waals surface area contributed by atoms with Crippen LogP contribution in [0.25, 0.3) is 10.9 Å². The van der Waals surface area contributed by atoms with Gasteiger partial charge in [0.1, 0.15) is 0 Å². The highest BCUT2D eigenvalue weighted by molar-refractivity contribution is 8.00. The molecular weight excluding hydrogens is 382 g/mol. The lowest BCUT2D eigenvalue weighted by Crippen LogP contribution is -2.26. The number of nitrogens with one attached hydrogen (secondary N) is 2. The number of carbonyl (C=O) groups is 1. The molecule has 0 aliphatic carbocycles. The van der Waals surface area contributed by atoms with Gasteiger partial charge in [-0.15, -0.1) is 11.8 Å². The number of anilines is 1. The number of aromatic nitrogens is 1. The maximum Gasteiger partial charge on any atom is 0.313 e. The van der Waals surface area contributed by atoms with Gasteiger partial charge in [-0.05, 0) is 29.8 Å². The summed E-state index contributed by atoms with van der Waals surface area (Å²) in [5.41, 5.74) is 2.90. The Balaban J connectivity index is 1.59. The van der Waals surface area contributed by atoms with Crippen LogP contribution in [0, 0.1) is 0 Å². The lowest BCUT2D eigenvalue weighted by atomic mass is 10.2. The first-order valence-corrected chi connectivity index (χ1v) is 9.96. The van der Waals surface area contributed by atoms with E-state index < -0.39 is 5.97 Å². The van der Waals surface area contributed by atoms with Gasteiger partial charge in [-0.1, -0.05) is 41.9 Å². The van der Waals surface area contributed by atoms with Gasteiger partial charge in [0.15, 0.2) is 0 Å². The Morgan fingerprint density at radius 2 is 1.96 bits per heavy atom. The Labute approximate surface area is 167 Å². The summed E-state index contributed by atoms with van der Waals surface area (Å²) >= 11 is 7.40. The molecule has 0 aliphatic rings. The van der Waals surface area contributed by atoms with E-state index in [-0.39, 0.29) is 11.1 Å². The zero-order chi connectivity index (χ0) is 19.1. The maximum atomic E-state index is 10.9. The van der Waals surface area contributed by atoms with E-state index >= 15 is 0 Å². The van der Waals surface area contributed by atoms with E-state index in [9.17, 15) is 4.79 Å². The Morgan fingerprint density at radius 3 is 2.74 bits per heavy atom. The number of fused-ring (bicyclic) bond motifs is 1. The fourth-order valence-corrected chi connectivity index (χ4v) is 3.79. The van der Waals surface area contributed by atoms with Crippen molar-refractivity contribution in [2.24, 2.45) is 0 Å².